The van der Waals surface area contributed by atoms with Gasteiger partial charge in [-0.25, -0.2) is 8.42 Å². The lowest BCUT2D eigenvalue weighted by Gasteiger charge is -2.33. The van der Waals surface area contributed by atoms with E-state index in [0.717, 1.165) is 6.07 Å². The number of nitrogens with zero attached hydrogens (tertiary/aromatic N) is 2. The summed E-state index contributed by atoms with van der Waals surface area (Å²) in [6.07, 6.45) is 0.958. The lowest BCUT2D eigenvalue weighted by molar-refractivity contribution is -0.384. The second kappa shape index (κ2) is 8.15. The summed E-state index contributed by atoms with van der Waals surface area (Å²) in [6.45, 7) is 4.42. The van der Waals surface area contributed by atoms with Crippen LogP contribution >= 0.6 is 0 Å². The number of nitro benzene ring substituents is 1. The fraction of sp³-hybridized carbons (Fsp3) is 0.562. The second-order valence-corrected chi connectivity index (χ2v) is 8.56. The molecule has 1 aliphatic rings. The number of piperidine rings is 1. The molecule has 0 radical (unpaired) electrons. The van der Waals surface area contributed by atoms with Gasteiger partial charge in [0.05, 0.1) is 9.82 Å². The molecule has 1 aliphatic heterocycles. The van der Waals surface area contributed by atoms with Gasteiger partial charge in [0, 0.05) is 31.1 Å². The van der Waals surface area contributed by atoms with Gasteiger partial charge in [0.15, 0.2) is 0 Å². The van der Waals surface area contributed by atoms with Gasteiger partial charge in [0.25, 0.3) is 5.69 Å². The summed E-state index contributed by atoms with van der Waals surface area (Å²) in [6, 6.07) is 2.79. The number of nitro groups is 1. The Hall–Kier alpha value is -2.30. The third-order valence-corrected chi connectivity index (χ3v) is 5.72. The maximum atomic E-state index is 12.7. The SMILES string of the molecule is CC(C)NC(=O)C1CCN(c2ccc(S(=O)(=O)C(F)F)cc2[N+](=O)[O-])CC1. The number of carbonyl (C=O) groups is 1. The Balaban J connectivity index is 2.22. The molecular formula is C16H21F2N3O5S. The van der Waals surface area contributed by atoms with E-state index < -0.39 is 31.1 Å². The Kier molecular flexibility index (Phi) is 6.34. The normalized spacial score (nSPS) is 16.0. The molecule has 11 heteroatoms. The van der Waals surface area contributed by atoms with Gasteiger partial charge in [0.1, 0.15) is 5.69 Å². The van der Waals surface area contributed by atoms with E-state index in [1.54, 1.807) is 4.90 Å². The van der Waals surface area contributed by atoms with Crippen molar-refractivity contribution in [2.24, 2.45) is 5.92 Å². The summed E-state index contributed by atoms with van der Waals surface area (Å²) in [5.74, 6) is -3.93. The van der Waals surface area contributed by atoms with Crippen LogP contribution in [-0.4, -0.2) is 44.1 Å². The molecule has 0 atom stereocenters. The van der Waals surface area contributed by atoms with Crippen LogP contribution in [0.25, 0.3) is 0 Å². The van der Waals surface area contributed by atoms with E-state index in [1.807, 2.05) is 13.8 Å². The lowest BCUT2D eigenvalue weighted by Crippen LogP contribution is -2.42. The molecule has 0 aliphatic carbocycles. The predicted octanol–water partition coefficient (Wildman–Crippen LogP) is 2.33. The number of halogens is 2. The molecule has 1 aromatic rings. The summed E-state index contributed by atoms with van der Waals surface area (Å²) in [7, 11) is -4.92. The van der Waals surface area contributed by atoms with Crippen molar-refractivity contribution in [1.29, 1.82) is 0 Å². The molecule has 2 rings (SSSR count). The standard InChI is InChI=1S/C16H21F2N3O5S/c1-10(2)19-15(22)11-5-7-20(8-6-11)13-4-3-12(9-14(13)21(23)24)27(25,26)16(17)18/h3-4,9-11,16H,5-8H2,1-2H3,(H,19,22). The number of benzene rings is 1. The van der Waals surface area contributed by atoms with E-state index in [1.165, 1.54) is 6.07 Å². The van der Waals surface area contributed by atoms with Gasteiger partial charge < -0.3 is 10.2 Å². The van der Waals surface area contributed by atoms with Crippen LogP contribution in [0.3, 0.4) is 0 Å². The fourth-order valence-corrected chi connectivity index (χ4v) is 3.72. The van der Waals surface area contributed by atoms with Gasteiger partial charge in [-0.15, -0.1) is 0 Å². The number of amides is 1. The number of rotatable bonds is 6. The molecule has 0 unspecified atom stereocenters. The molecule has 1 heterocycles. The van der Waals surface area contributed by atoms with Crippen molar-refractivity contribution in [2.75, 3.05) is 18.0 Å². The Morgan fingerprint density at radius 2 is 1.89 bits per heavy atom. The third-order valence-electron chi connectivity index (χ3n) is 4.34. The first-order chi connectivity index (χ1) is 12.5. The quantitative estimate of drug-likeness (QED) is 0.575. The lowest BCUT2D eigenvalue weighted by atomic mass is 9.95. The van der Waals surface area contributed by atoms with E-state index in [4.69, 9.17) is 0 Å². The number of hydrogen-bond donors (Lipinski definition) is 1. The summed E-state index contributed by atoms with van der Waals surface area (Å²) >= 11 is 0. The number of anilines is 1. The highest BCUT2D eigenvalue weighted by atomic mass is 32.2. The number of alkyl halides is 2. The predicted molar refractivity (Wildman–Crippen MR) is 94.5 cm³/mol. The van der Waals surface area contributed by atoms with Gasteiger partial charge in [-0.05, 0) is 38.8 Å². The average molecular weight is 405 g/mol. The maximum absolute atomic E-state index is 12.7. The zero-order chi connectivity index (χ0) is 20.4. The first-order valence-electron chi connectivity index (χ1n) is 8.40. The Morgan fingerprint density at radius 3 is 2.37 bits per heavy atom. The highest BCUT2D eigenvalue weighted by molar-refractivity contribution is 7.91. The topological polar surface area (TPSA) is 110 Å². The highest BCUT2D eigenvalue weighted by Crippen LogP contribution is 2.34. The molecule has 1 amide bonds. The molecule has 0 aromatic heterocycles. The molecular weight excluding hydrogens is 384 g/mol. The van der Waals surface area contributed by atoms with Crippen LogP contribution in [0, 0.1) is 16.0 Å². The molecule has 27 heavy (non-hydrogen) atoms. The van der Waals surface area contributed by atoms with Crippen molar-refractivity contribution in [3.63, 3.8) is 0 Å². The molecule has 0 bridgehead atoms. The van der Waals surface area contributed by atoms with Crippen LogP contribution < -0.4 is 10.2 Å². The van der Waals surface area contributed by atoms with Crippen LogP contribution in [0.15, 0.2) is 23.1 Å². The van der Waals surface area contributed by atoms with Crippen LogP contribution in [0.4, 0.5) is 20.2 Å². The van der Waals surface area contributed by atoms with E-state index in [2.05, 4.69) is 5.32 Å². The zero-order valence-electron chi connectivity index (χ0n) is 14.9. The van der Waals surface area contributed by atoms with E-state index in [-0.39, 0.29) is 23.6 Å². The Labute approximate surface area is 155 Å². The van der Waals surface area contributed by atoms with Crippen molar-refractivity contribution >= 4 is 27.1 Å². The number of sulfone groups is 1. The molecule has 1 N–H and O–H groups in total. The molecule has 0 spiro atoms. The van der Waals surface area contributed by atoms with E-state index >= 15 is 0 Å². The van der Waals surface area contributed by atoms with Crippen molar-refractivity contribution < 1.29 is 26.9 Å². The van der Waals surface area contributed by atoms with E-state index in [9.17, 15) is 32.1 Å². The number of carbonyl (C=O) groups excluding carboxylic acids is 1. The Morgan fingerprint density at radius 1 is 1.30 bits per heavy atom. The van der Waals surface area contributed by atoms with Crippen LogP contribution in [-0.2, 0) is 14.6 Å². The minimum atomic E-state index is -4.92. The molecule has 150 valence electrons. The molecule has 0 saturated carbocycles. The minimum absolute atomic E-state index is 0.0148. The smallest absolute Gasteiger partial charge is 0.341 e. The molecule has 1 fully saturated rings. The third kappa shape index (κ3) is 4.71. The largest absolute Gasteiger partial charge is 0.366 e. The summed E-state index contributed by atoms with van der Waals surface area (Å²) < 4.78 is 48.5. The maximum Gasteiger partial charge on any atom is 0.341 e. The molecule has 8 nitrogen and oxygen atoms in total. The second-order valence-electron chi connectivity index (χ2n) is 6.64. The summed E-state index contributed by atoms with van der Waals surface area (Å²) in [5.41, 5.74) is -0.405. The van der Waals surface area contributed by atoms with Crippen molar-refractivity contribution in [3.05, 3.63) is 28.3 Å². The van der Waals surface area contributed by atoms with Crippen molar-refractivity contribution in [1.82, 2.24) is 5.32 Å². The number of nitrogens with one attached hydrogen (secondary N) is 1. The first-order valence-corrected chi connectivity index (χ1v) is 9.94. The summed E-state index contributed by atoms with van der Waals surface area (Å²) in [4.78, 5) is 23.5. The highest BCUT2D eigenvalue weighted by Gasteiger charge is 2.32. The van der Waals surface area contributed by atoms with Gasteiger partial charge in [-0.2, -0.15) is 8.78 Å². The first kappa shape index (κ1) is 21.0. The summed E-state index contributed by atoms with van der Waals surface area (Å²) in [5, 5.41) is 14.2. The zero-order valence-corrected chi connectivity index (χ0v) is 15.7. The van der Waals surface area contributed by atoms with Gasteiger partial charge in [0.2, 0.25) is 15.7 Å². The van der Waals surface area contributed by atoms with Crippen LogP contribution in [0.2, 0.25) is 0 Å². The van der Waals surface area contributed by atoms with Gasteiger partial charge >= 0.3 is 5.76 Å². The van der Waals surface area contributed by atoms with Crippen molar-refractivity contribution in [2.45, 2.75) is 43.4 Å². The number of hydrogen-bond acceptors (Lipinski definition) is 6. The van der Waals surface area contributed by atoms with Gasteiger partial charge in [-0.3, -0.25) is 14.9 Å². The fourth-order valence-electron chi connectivity index (χ4n) is 2.98. The Bertz CT molecular complexity index is 821. The minimum Gasteiger partial charge on any atom is -0.366 e. The molecule has 1 aromatic carbocycles. The average Bonchev–Trinajstić information content (AvgIpc) is 2.60. The van der Waals surface area contributed by atoms with Crippen molar-refractivity contribution in [3.8, 4) is 0 Å². The van der Waals surface area contributed by atoms with E-state index in [0.29, 0.717) is 32.0 Å². The van der Waals surface area contributed by atoms with Crippen LogP contribution in [0.1, 0.15) is 26.7 Å². The van der Waals surface area contributed by atoms with Gasteiger partial charge in [-0.1, -0.05) is 0 Å². The van der Waals surface area contributed by atoms with Crippen LogP contribution in [0.5, 0.6) is 0 Å². The monoisotopic (exact) mass is 405 g/mol. The molecule has 1 saturated heterocycles.